The lowest BCUT2D eigenvalue weighted by molar-refractivity contribution is 0.0376. The molecule has 0 atom stereocenters. The predicted octanol–water partition coefficient (Wildman–Crippen LogP) is 3.03. The Morgan fingerprint density at radius 1 is 1.03 bits per heavy atom. The summed E-state index contributed by atoms with van der Waals surface area (Å²) < 4.78 is 7.64. The number of amides is 1. The Morgan fingerprint density at radius 3 is 2.72 bits per heavy atom. The number of para-hydroxylation sites is 1. The standard InChI is InChI=1S/C24H22N6O2/c31-24-20-7-6-17(14-18(20)15-27-24)21-16-26-23(22-25-8-9-29(21)22)30(19-4-2-1-3-5-19)28-10-12-32-13-11-28/h1-9,14,16H,10-13,15H2,(H,27,31). The molecular weight excluding hydrogens is 404 g/mol. The number of carbonyl (C=O) groups excluding carboxylic acids is 1. The maximum Gasteiger partial charge on any atom is 0.251 e. The van der Waals surface area contributed by atoms with Gasteiger partial charge in [0.1, 0.15) is 0 Å². The second-order valence-corrected chi connectivity index (χ2v) is 7.86. The van der Waals surface area contributed by atoms with Gasteiger partial charge in [-0.05, 0) is 29.8 Å². The molecule has 1 N–H and O–H groups in total. The van der Waals surface area contributed by atoms with E-state index in [1.807, 2.05) is 42.7 Å². The van der Waals surface area contributed by atoms with Gasteiger partial charge in [0, 0.05) is 43.2 Å². The van der Waals surface area contributed by atoms with Crippen molar-refractivity contribution in [3.63, 3.8) is 0 Å². The van der Waals surface area contributed by atoms with Crippen molar-refractivity contribution >= 4 is 23.1 Å². The highest BCUT2D eigenvalue weighted by Crippen LogP contribution is 2.32. The van der Waals surface area contributed by atoms with Gasteiger partial charge in [0.2, 0.25) is 0 Å². The van der Waals surface area contributed by atoms with Gasteiger partial charge in [0.05, 0.1) is 30.8 Å². The van der Waals surface area contributed by atoms with Crippen LogP contribution in [0.4, 0.5) is 11.5 Å². The zero-order valence-electron chi connectivity index (χ0n) is 17.4. The minimum atomic E-state index is -0.0168. The lowest BCUT2D eigenvalue weighted by atomic mass is 10.0. The van der Waals surface area contributed by atoms with Crippen molar-refractivity contribution in [3.8, 4) is 11.3 Å². The lowest BCUT2D eigenvalue weighted by Gasteiger charge is -2.38. The number of aromatic nitrogens is 3. The number of fused-ring (bicyclic) bond motifs is 2. The van der Waals surface area contributed by atoms with Crippen molar-refractivity contribution in [2.24, 2.45) is 0 Å². The van der Waals surface area contributed by atoms with Crippen molar-refractivity contribution in [1.29, 1.82) is 0 Å². The van der Waals surface area contributed by atoms with E-state index in [0.29, 0.717) is 19.8 Å². The SMILES string of the molecule is O=C1NCc2cc(-c3cnc(N(c4ccccc4)N4CCOCC4)c4nccn34)ccc21. The fourth-order valence-corrected chi connectivity index (χ4v) is 4.40. The largest absolute Gasteiger partial charge is 0.379 e. The third-order valence-electron chi connectivity index (χ3n) is 5.97. The van der Waals surface area contributed by atoms with Crippen molar-refractivity contribution in [2.45, 2.75) is 6.54 Å². The van der Waals surface area contributed by atoms with Gasteiger partial charge < -0.3 is 10.1 Å². The van der Waals surface area contributed by atoms with Crippen LogP contribution in [-0.2, 0) is 11.3 Å². The fraction of sp³-hybridized carbons (Fsp3) is 0.208. The minimum absolute atomic E-state index is 0.0168. The molecule has 2 aromatic carbocycles. The molecule has 0 spiro atoms. The van der Waals surface area contributed by atoms with Crippen molar-refractivity contribution in [1.82, 2.24) is 24.7 Å². The molecule has 0 unspecified atom stereocenters. The molecule has 32 heavy (non-hydrogen) atoms. The summed E-state index contributed by atoms with van der Waals surface area (Å²) in [5.74, 6) is 0.752. The summed E-state index contributed by atoms with van der Waals surface area (Å²) in [6.07, 6.45) is 5.63. The molecule has 4 heterocycles. The summed E-state index contributed by atoms with van der Waals surface area (Å²) in [6.45, 7) is 3.45. The number of ether oxygens (including phenoxy) is 1. The molecule has 0 saturated carbocycles. The monoisotopic (exact) mass is 426 g/mol. The van der Waals surface area contributed by atoms with Gasteiger partial charge in [-0.25, -0.2) is 15.0 Å². The van der Waals surface area contributed by atoms with Gasteiger partial charge in [-0.3, -0.25) is 14.2 Å². The summed E-state index contributed by atoms with van der Waals surface area (Å²) in [4.78, 5) is 21.5. The van der Waals surface area contributed by atoms with E-state index in [1.54, 1.807) is 6.20 Å². The second kappa shape index (κ2) is 7.74. The molecule has 0 aliphatic carbocycles. The molecule has 4 aromatic rings. The molecule has 2 aromatic heterocycles. The van der Waals surface area contributed by atoms with Crippen LogP contribution in [0.3, 0.4) is 0 Å². The summed E-state index contributed by atoms with van der Waals surface area (Å²) in [6, 6.07) is 16.1. The van der Waals surface area contributed by atoms with Crippen LogP contribution in [0.1, 0.15) is 15.9 Å². The van der Waals surface area contributed by atoms with E-state index in [2.05, 4.69) is 42.9 Å². The molecule has 0 radical (unpaired) electrons. The van der Waals surface area contributed by atoms with E-state index in [0.717, 1.165) is 52.6 Å². The Labute approximate surface area is 185 Å². The molecule has 1 amide bonds. The number of hydrogen-bond donors (Lipinski definition) is 1. The van der Waals surface area contributed by atoms with Gasteiger partial charge in [0.25, 0.3) is 5.91 Å². The van der Waals surface area contributed by atoms with Crippen LogP contribution in [-0.4, -0.2) is 51.6 Å². The minimum Gasteiger partial charge on any atom is -0.379 e. The number of rotatable bonds is 4. The maximum absolute atomic E-state index is 11.9. The Kier molecular flexibility index (Phi) is 4.59. The summed E-state index contributed by atoms with van der Waals surface area (Å²) in [5, 5.41) is 7.27. The van der Waals surface area contributed by atoms with E-state index < -0.39 is 0 Å². The topological polar surface area (TPSA) is 75.0 Å². The van der Waals surface area contributed by atoms with Crippen LogP contribution in [0.25, 0.3) is 16.9 Å². The van der Waals surface area contributed by atoms with Crippen LogP contribution < -0.4 is 10.3 Å². The van der Waals surface area contributed by atoms with Gasteiger partial charge in [-0.2, -0.15) is 0 Å². The molecule has 160 valence electrons. The molecule has 8 heteroatoms. The highest BCUT2D eigenvalue weighted by molar-refractivity contribution is 5.98. The number of hydrazine groups is 1. The van der Waals surface area contributed by atoms with Crippen LogP contribution >= 0.6 is 0 Å². The van der Waals surface area contributed by atoms with Crippen molar-refractivity contribution in [2.75, 3.05) is 31.3 Å². The number of imidazole rings is 1. The average Bonchev–Trinajstić information content (AvgIpc) is 3.48. The van der Waals surface area contributed by atoms with Crippen LogP contribution in [0.5, 0.6) is 0 Å². The first kappa shape index (κ1) is 19.0. The molecule has 1 saturated heterocycles. The lowest BCUT2D eigenvalue weighted by Crippen LogP contribution is -2.47. The number of carbonyl (C=O) groups is 1. The first-order chi connectivity index (χ1) is 15.8. The zero-order valence-corrected chi connectivity index (χ0v) is 17.4. The van der Waals surface area contributed by atoms with Gasteiger partial charge in [-0.15, -0.1) is 0 Å². The smallest absolute Gasteiger partial charge is 0.251 e. The average molecular weight is 426 g/mol. The molecule has 1 fully saturated rings. The van der Waals surface area contributed by atoms with Crippen molar-refractivity contribution in [3.05, 3.63) is 78.2 Å². The second-order valence-electron chi connectivity index (χ2n) is 7.86. The number of nitrogens with one attached hydrogen (secondary N) is 1. The highest BCUT2D eigenvalue weighted by atomic mass is 16.5. The van der Waals surface area contributed by atoms with E-state index in [1.165, 1.54) is 0 Å². The molecule has 2 aliphatic rings. The van der Waals surface area contributed by atoms with Crippen LogP contribution in [0.15, 0.2) is 67.1 Å². The number of hydrogen-bond acceptors (Lipinski definition) is 6. The van der Waals surface area contributed by atoms with E-state index in [-0.39, 0.29) is 5.91 Å². The fourth-order valence-electron chi connectivity index (χ4n) is 4.40. The zero-order chi connectivity index (χ0) is 21.5. The third-order valence-corrected chi connectivity index (χ3v) is 5.97. The Balaban J connectivity index is 1.48. The third kappa shape index (κ3) is 3.12. The quantitative estimate of drug-likeness (QED) is 0.541. The van der Waals surface area contributed by atoms with E-state index >= 15 is 0 Å². The Bertz CT molecular complexity index is 1300. The first-order valence-electron chi connectivity index (χ1n) is 10.7. The summed E-state index contributed by atoms with van der Waals surface area (Å²) >= 11 is 0. The molecule has 8 nitrogen and oxygen atoms in total. The molecule has 6 rings (SSSR count). The number of benzene rings is 2. The molecule has 0 bridgehead atoms. The predicted molar refractivity (Wildman–Crippen MR) is 121 cm³/mol. The molecule has 2 aliphatic heterocycles. The van der Waals surface area contributed by atoms with Gasteiger partial charge in [0.15, 0.2) is 11.5 Å². The van der Waals surface area contributed by atoms with E-state index in [4.69, 9.17) is 9.72 Å². The van der Waals surface area contributed by atoms with E-state index in [9.17, 15) is 4.79 Å². The van der Waals surface area contributed by atoms with Crippen molar-refractivity contribution < 1.29 is 9.53 Å². The number of anilines is 2. The van der Waals surface area contributed by atoms with Gasteiger partial charge >= 0.3 is 0 Å². The summed E-state index contributed by atoms with van der Waals surface area (Å²) in [5.41, 5.74) is 5.47. The number of morpholine rings is 1. The summed E-state index contributed by atoms with van der Waals surface area (Å²) in [7, 11) is 0. The van der Waals surface area contributed by atoms with Crippen LogP contribution in [0, 0.1) is 0 Å². The normalized spacial score (nSPS) is 16.2. The highest BCUT2D eigenvalue weighted by Gasteiger charge is 2.26. The molecular formula is C24H22N6O2. The Morgan fingerprint density at radius 2 is 1.88 bits per heavy atom. The number of nitrogens with zero attached hydrogens (tertiary/aromatic N) is 5. The van der Waals surface area contributed by atoms with Gasteiger partial charge in [-0.1, -0.05) is 24.3 Å². The first-order valence-corrected chi connectivity index (χ1v) is 10.7. The Hall–Kier alpha value is -3.75. The van der Waals surface area contributed by atoms with Crippen LogP contribution in [0.2, 0.25) is 0 Å². The maximum atomic E-state index is 11.9.